The van der Waals surface area contributed by atoms with Crippen LogP contribution in [0.5, 0.6) is 0 Å². The van der Waals surface area contributed by atoms with Gasteiger partial charge in [0, 0.05) is 23.4 Å². The van der Waals surface area contributed by atoms with Crippen LogP contribution in [0.15, 0.2) is 31.1 Å². The summed E-state index contributed by atoms with van der Waals surface area (Å²) in [5, 5.41) is 11.4. The fourth-order valence-corrected chi connectivity index (χ4v) is 2.86. The van der Waals surface area contributed by atoms with Gasteiger partial charge < -0.3 is 0 Å². The summed E-state index contributed by atoms with van der Waals surface area (Å²) in [4.78, 5) is 0. The lowest BCUT2D eigenvalue weighted by Crippen LogP contribution is -2.01. The molecule has 0 unspecified atom stereocenters. The fourth-order valence-electron chi connectivity index (χ4n) is 2.86. The van der Waals surface area contributed by atoms with Gasteiger partial charge in [0.25, 0.3) is 0 Å². The average Bonchev–Trinajstić information content (AvgIpc) is 3.13. The lowest BCUT2D eigenvalue weighted by atomic mass is 10.1. The van der Waals surface area contributed by atoms with Crippen molar-refractivity contribution in [2.45, 2.75) is 47.6 Å². The van der Waals surface area contributed by atoms with Crippen LogP contribution in [0.4, 0.5) is 8.78 Å². The molecule has 0 aliphatic carbocycles. The first kappa shape index (κ1) is 20.6. The highest BCUT2D eigenvalue weighted by atomic mass is 19.1. The van der Waals surface area contributed by atoms with Gasteiger partial charge in [-0.2, -0.15) is 10.2 Å². The number of H-pyrrole nitrogens is 1. The normalized spacial score (nSPS) is 10.5. The van der Waals surface area contributed by atoms with E-state index in [0.717, 1.165) is 29.8 Å². The minimum atomic E-state index is -0.542. The predicted octanol–water partition coefficient (Wildman–Crippen LogP) is 5.61. The molecular weight excluding hydrogens is 346 g/mol. The Bertz CT molecular complexity index is 915. The minimum Gasteiger partial charge on any atom is -0.277 e. The number of nitrogens with zero attached hydrogens (tertiary/aromatic N) is 3. The first-order valence-corrected chi connectivity index (χ1v) is 8.90. The molecule has 6 heteroatoms. The zero-order chi connectivity index (χ0) is 20.1. The van der Waals surface area contributed by atoms with Gasteiger partial charge in [-0.3, -0.25) is 9.78 Å². The smallest absolute Gasteiger partial charge is 0.133 e. The van der Waals surface area contributed by atoms with Crippen molar-refractivity contribution in [2.75, 3.05) is 0 Å². The highest BCUT2D eigenvalue weighted by Crippen LogP contribution is 2.24. The molecule has 0 radical (unpaired) electrons. The standard InChI is InChI=1S/C11H16N4.C10H10F2/c1-4-5-15-9(3)10(7-13-15)11-8(2)6-12-14-11;1-6(2)10-8(11)4-7(3)5-9(10)12/h6-7H,4-5H2,1-3H3,(H,12,14);4-5H,1H2,2-3H3. The second-order valence-electron chi connectivity index (χ2n) is 6.68. The summed E-state index contributed by atoms with van der Waals surface area (Å²) in [7, 11) is 0. The molecule has 2 heterocycles. The maximum Gasteiger partial charge on any atom is 0.133 e. The van der Waals surface area contributed by atoms with Crippen molar-refractivity contribution in [3.63, 3.8) is 0 Å². The Labute approximate surface area is 158 Å². The van der Waals surface area contributed by atoms with Gasteiger partial charge in [-0.1, -0.05) is 13.5 Å². The molecule has 0 bridgehead atoms. The summed E-state index contributed by atoms with van der Waals surface area (Å²) in [5.74, 6) is -1.08. The van der Waals surface area contributed by atoms with Crippen molar-refractivity contribution >= 4 is 5.57 Å². The summed E-state index contributed by atoms with van der Waals surface area (Å²) in [6, 6.07) is 2.60. The van der Waals surface area contributed by atoms with Crippen LogP contribution in [0, 0.1) is 32.4 Å². The molecule has 0 saturated carbocycles. The first-order chi connectivity index (χ1) is 12.8. The molecule has 0 spiro atoms. The molecule has 0 amide bonds. The van der Waals surface area contributed by atoms with Crippen LogP contribution >= 0.6 is 0 Å². The lowest BCUT2D eigenvalue weighted by molar-refractivity contribution is 0.575. The largest absolute Gasteiger partial charge is 0.277 e. The summed E-state index contributed by atoms with van der Waals surface area (Å²) in [5.41, 5.74) is 5.56. The molecule has 1 aromatic carbocycles. The average molecular weight is 372 g/mol. The molecule has 1 N–H and O–H groups in total. The molecule has 0 saturated heterocycles. The number of aryl methyl sites for hydroxylation is 3. The van der Waals surface area contributed by atoms with Crippen molar-refractivity contribution in [3.05, 3.63) is 65.1 Å². The molecule has 2 aromatic heterocycles. The molecule has 0 aliphatic rings. The molecule has 0 atom stereocenters. The van der Waals surface area contributed by atoms with E-state index in [1.165, 1.54) is 17.8 Å². The third kappa shape index (κ3) is 4.70. The van der Waals surface area contributed by atoms with Crippen LogP contribution in [-0.4, -0.2) is 20.0 Å². The summed E-state index contributed by atoms with van der Waals surface area (Å²) < 4.78 is 28.2. The lowest BCUT2D eigenvalue weighted by Gasteiger charge is -2.04. The van der Waals surface area contributed by atoms with Gasteiger partial charge >= 0.3 is 0 Å². The van der Waals surface area contributed by atoms with Gasteiger partial charge in [-0.15, -0.1) is 0 Å². The Hall–Kier alpha value is -2.76. The van der Waals surface area contributed by atoms with Crippen LogP contribution in [-0.2, 0) is 6.54 Å². The second kappa shape index (κ2) is 8.75. The molecule has 144 valence electrons. The number of nitrogens with one attached hydrogen (secondary N) is 1. The third-order valence-electron chi connectivity index (χ3n) is 4.25. The Kier molecular flexibility index (Phi) is 6.66. The van der Waals surface area contributed by atoms with E-state index in [1.54, 1.807) is 13.8 Å². The molecule has 3 rings (SSSR count). The van der Waals surface area contributed by atoms with E-state index in [1.807, 2.05) is 17.1 Å². The highest BCUT2D eigenvalue weighted by Gasteiger charge is 2.11. The molecule has 3 aromatic rings. The SMILES string of the molecule is C=C(C)c1c(F)cc(C)cc1F.CCCn1ncc(-c2[nH]ncc2C)c1C. The summed E-state index contributed by atoms with van der Waals surface area (Å²) in [6.45, 7) is 14.0. The van der Waals surface area contributed by atoms with Gasteiger partial charge in [-0.25, -0.2) is 8.78 Å². The number of hydrogen-bond acceptors (Lipinski definition) is 2. The molecule has 0 fully saturated rings. The van der Waals surface area contributed by atoms with E-state index in [0.29, 0.717) is 11.1 Å². The second-order valence-corrected chi connectivity index (χ2v) is 6.68. The van der Waals surface area contributed by atoms with E-state index in [4.69, 9.17) is 0 Å². The van der Waals surface area contributed by atoms with Gasteiger partial charge in [0.15, 0.2) is 0 Å². The van der Waals surface area contributed by atoms with Crippen molar-refractivity contribution in [1.82, 2.24) is 20.0 Å². The van der Waals surface area contributed by atoms with Crippen LogP contribution in [0.3, 0.4) is 0 Å². The number of allylic oxidation sites excluding steroid dienone is 1. The molecule has 0 aliphatic heterocycles. The topological polar surface area (TPSA) is 46.5 Å². The molecule has 4 nitrogen and oxygen atoms in total. The zero-order valence-electron chi connectivity index (χ0n) is 16.5. The summed E-state index contributed by atoms with van der Waals surface area (Å²) in [6.07, 6.45) is 4.85. The van der Waals surface area contributed by atoms with E-state index < -0.39 is 11.6 Å². The molecule has 27 heavy (non-hydrogen) atoms. The Morgan fingerprint density at radius 3 is 2.26 bits per heavy atom. The highest BCUT2D eigenvalue weighted by molar-refractivity contribution is 5.64. The monoisotopic (exact) mass is 372 g/mol. The number of aromatic amines is 1. The third-order valence-corrected chi connectivity index (χ3v) is 4.25. The van der Waals surface area contributed by atoms with Crippen LogP contribution in [0.1, 0.15) is 42.7 Å². The Morgan fingerprint density at radius 2 is 1.78 bits per heavy atom. The van der Waals surface area contributed by atoms with E-state index in [-0.39, 0.29) is 5.56 Å². The number of benzene rings is 1. The molecular formula is C21H26F2N4. The number of halogens is 2. The van der Waals surface area contributed by atoms with E-state index in [9.17, 15) is 8.78 Å². The number of hydrogen-bond donors (Lipinski definition) is 1. The number of rotatable bonds is 4. The predicted molar refractivity (Wildman–Crippen MR) is 105 cm³/mol. The Morgan fingerprint density at radius 1 is 1.15 bits per heavy atom. The van der Waals surface area contributed by atoms with Gasteiger partial charge in [0.2, 0.25) is 0 Å². The maximum atomic E-state index is 13.1. The van der Waals surface area contributed by atoms with E-state index >= 15 is 0 Å². The summed E-state index contributed by atoms with van der Waals surface area (Å²) >= 11 is 0. The number of aromatic nitrogens is 4. The quantitative estimate of drug-likeness (QED) is 0.647. The van der Waals surface area contributed by atoms with E-state index in [2.05, 4.69) is 42.6 Å². The zero-order valence-corrected chi connectivity index (χ0v) is 16.5. The minimum absolute atomic E-state index is 0.0133. The van der Waals surface area contributed by atoms with Gasteiger partial charge in [-0.05, 0) is 62.9 Å². The van der Waals surface area contributed by atoms with Crippen molar-refractivity contribution in [2.24, 2.45) is 0 Å². The Balaban J connectivity index is 0.000000199. The van der Waals surface area contributed by atoms with Crippen molar-refractivity contribution < 1.29 is 8.78 Å². The van der Waals surface area contributed by atoms with Crippen LogP contribution in [0.25, 0.3) is 16.8 Å². The van der Waals surface area contributed by atoms with Crippen LogP contribution < -0.4 is 0 Å². The van der Waals surface area contributed by atoms with Gasteiger partial charge in [0.1, 0.15) is 11.6 Å². The van der Waals surface area contributed by atoms with Gasteiger partial charge in [0.05, 0.1) is 18.1 Å². The first-order valence-electron chi connectivity index (χ1n) is 8.90. The van der Waals surface area contributed by atoms with Crippen molar-refractivity contribution in [1.29, 1.82) is 0 Å². The van der Waals surface area contributed by atoms with Crippen molar-refractivity contribution in [3.8, 4) is 11.3 Å². The maximum absolute atomic E-state index is 13.1. The van der Waals surface area contributed by atoms with Crippen LogP contribution in [0.2, 0.25) is 0 Å². The fraction of sp³-hybridized carbons (Fsp3) is 0.333.